The van der Waals surface area contributed by atoms with Gasteiger partial charge in [-0.15, -0.1) is 11.8 Å². The summed E-state index contributed by atoms with van der Waals surface area (Å²) < 4.78 is 4.20. The van der Waals surface area contributed by atoms with Gasteiger partial charge in [0.25, 0.3) is 0 Å². The molecule has 2 heterocycles. The minimum Gasteiger partial charge on any atom is -0.343 e. The Morgan fingerprint density at radius 1 is 1.05 bits per heavy atom. The highest BCUT2D eigenvalue weighted by Crippen LogP contribution is 2.44. The molecule has 0 saturated heterocycles. The second-order valence-electron chi connectivity index (χ2n) is 13.4. The lowest BCUT2D eigenvalue weighted by atomic mass is 9.81. The molecule has 0 aliphatic rings. The van der Waals surface area contributed by atoms with E-state index in [0.29, 0.717) is 41.2 Å². The number of ketones is 1. The molecule has 2 N–H and O–H groups in total. The van der Waals surface area contributed by atoms with Crippen LogP contribution in [0.3, 0.4) is 0 Å². The van der Waals surface area contributed by atoms with Gasteiger partial charge in [-0.1, -0.05) is 78.3 Å². The number of carbonyl (C=O) groups is 2. The molecule has 0 unspecified atom stereocenters. The first kappa shape index (κ1) is 33.7. The fraction of sp³-hybridized carbons (Fsp3) is 0.429. The predicted molar refractivity (Wildman–Crippen MR) is 181 cm³/mol. The average molecular weight is 637 g/mol. The van der Waals surface area contributed by atoms with Gasteiger partial charge in [0, 0.05) is 76.0 Å². The molecule has 0 spiro atoms. The van der Waals surface area contributed by atoms with Crippen LogP contribution in [0.1, 0.15) is 81.7 Å². The van der Waals surface area contributed by atoms with Crippen molar-refractivity contribution < 1.29 is 14.8 Å². The summed E-state index contributed by atoms with van der Waals surface area (Å²) in [6.45, 7) is 16.5. The molecule has 2 aromatic heterocycles. The van der Waals surface area contributed by atoms with Crippen molar-refractivity contribution in [1.29, 1.82) is 0 Å². The number of rotatable bonds is 11. The Morgan fingerprint density at radius 2 is 1.73 bits per heavy atom. The van der Waals surface area contributed by atoms with Crippen molar-refractivity contribution in [2.24, 2.45) is 5.41 Å². The number of benzene rings is 2. The summed E-state index contributed by atoms with van der Waals surface area (Å²) in [6.07, 6.45) is 2.39. The zero-order valence-corrected chi connectivity index (χ0v) is 28.6. The van der Waals surface area contributed by atoms with E-state index in [9.17, 15) is 14.8 Å². The first-order chi connectivity index (χ1) is 20.6. The van der Waals surface area contributed by atoms with Gasteiger partial charge in [-0.2, -0.15) is 0 Å². The molecule has 0 aliphatic heterocycles. The third-order valence-corrected chi connectivity index (χ3v) is 9.21. The van der Waals surface area contributed by atoms with Crippen molar-refractivity contribution in [2.75, 3.05) is 13.6 Å². The van der Waals surface area contributed by atoms with E-state index in [1.165, 1.54) is 22.9 Å². The minimum atomic E-state index is -0.731. The first-order valence-corrected chi connectivity index (χ1v) is 16.3. The summed E-state index contributed by atoms with van der Waals surface area (Å²) >= 11 is 8.08. The maximum atomic E-state index is 14.2. The first-order valence-electron chi connectivity index (χ1n) is 15.1. The maximum Gasteiger partial charge on any atom is 0.340 e. The van der Waals surface area contributed by atoms with Crippen LogP contribution in [0.25, 0.3) is 10.9 Å². The Kier molecular flexibility index (Phi) is 10.3. The Bertz CT molecular complexity index is 1630. The van der Waals surface area contributed by atoms with Crippen molar-refractivity contribution in [3.05, 3.63) is 88.3 Å². The van der Waals surface area contributed by atoms with Crippen LogP contribution in [0.2, 0.25) is 5.02 Å². The number of amides is 2. The largest absolute Gasteiger partial charge is 0.343 e. The highest BCUT2D eigenvalue weighted by Gasteiger charge is 2.34. The van der Waals surface area contributed by atoms with Crippen molar-refractivity contribution in [3.8, 4) is 0 Å². The number of nitrogens with zero attached hydrogens (tertiary/aromatic N) is 3. The summed E-state index contributed by atoms with van der Waals surface area (Å²) in [4.78, 5) is 27.2. The van der Waals surface area contributed by atoms with Gasteiger partial charge in [-0.25, -0.2) is 9.86 Å². The number of hydrogen-bond donors (Lipinski definition) is 2. The van der Waals surface area contributed by atoms with Crippen LogP contribution in [0.15, 0.2) is 65.7 Å². The van der Waals surface area contributed by atoms with E-state index in [1.54, 1.807) is 0 Å². The van der Waals surface area contributed by atoms with Crippen molar-refractivity contribution in [3.63, 3.8) is 0 Å². The van der Waals surface area contributed by atoms with Gasteiger partial charge < -0.3 is 14.5 Å². The van der Waals surface area contributed by atoms with E-state index in [4.69, 9.17) is 11.6 Å². The molecule has 0 aliphatic carbocycles. The maximum absolute atomic E-state index is 14.2. The molecule has 0 radical (unpaired) electrons. The third kappa shape index (κ3) is 7.89. The van der Waals surface area contributed by atoms with E-state index < -0.39 is 11.4 Å². The van der Waals surface area contributed by atoms with E-state index in [1.807, 2.05) is 60.6 Å². The molecule has 4 rings (SSSR count). The quantitative estimate of drug-likeness (QED) is 0.0747. The fourth-order valence-corrected chi connectivity index (χ4v) is 6.67. The van der Waals surface area contributed by atoms with Gasteiger partial charge in [-0.3, -0.25) is 10.0 Å². The second kappa shape index (κ2) is 13.4. The monoisotopic (exact) mass is 636 g/mol. The van der Waals surface area contributed by atoms with Crippen LogP contribution in [0, 0.1) is 5.41 Å². The van der Waals surface area contributed by atoms with Crippen LogP contribution in [-0.2, 0) is 19.5 Å². The van der Waals surface area contributed by atoms with Crippen LogP contribution in [-0.4, -0.2) is 49.6 Å². The predicted octanol–water partition coefficient (Wildman–Crippen LogP) is 8.64. The molecule has 0 bridgehead atoms. The SMILES string of the molecule is CC(C)c1ccc2c(c1)c(SC(C)(C)C)c(CC(C)(C)C(=O)c1cccn1CCNC(=O)N(C)O)n2Cc1ccc(Cl)cc1. The molecule has 4 aromatic rings. The number of hydroxylamine groups is 2. The van der Waals surface area contributed by atoms with Gasteiger partial charge in [0.15, 0.2) is 5.78 Å². The van der Waals surface area contributed by atoms with E-state index in [-0.39, 0.29) is 17.1 Å². The molecule has 0 saturated carbocycles. The average Bonchev–Trinajstić information content (AvgIpc) is 3.51. The molecule has 236 valence electrons. The van der Waals surface area contributed by atoms with Gasteiger partial charge in [0.05, 0.1) is 5.69 Å². The molecule has 7 nitrogen and oxygen atoms in total. The van der Waals surface area contributed by atoms with Crippen molar-refractivity contribution >= 4 is 46.1 Å². The van der Waals surface area contributed by atoms with E-state index in [2.05, 4.69) is 74.8 Å². The highest BCUT2D eigenvalue weighted by molar-refractivity contribution is 8.00. The number of urea groups is 1. The number of thioether (sulfide) groups is 1. The molecule has 2 aromatic carbocycles. The lowest BCUT2D eigenvalue weighted by Gasteiger charge is -2.27. The molecule has 0 fully saturated rings. The van der Waals surface area contributed by atoms with E-state index >= 15 is 0 Å². The van der Waals surface area contributed by atoms with Gasteiger partial charge in [0.2, 0.25) is 0 Å². The van der Waals surface area contributed by atoms with Crippen LogP contribution >= 0.6 is 23.4 Å². The Labute approximate surface area is 270 Å². The minimum absolute atomic E-state index is 0.0333. The number of fused-ring (bicyclic) bond motifs is 1. The van der Waals surface area contributed by atoms with Crippen molar-refractivity contribution in [2.45, 2.75) is 83.5 Å². The number of aromatic nitrogens is 2. The fourth-order valence-electron chi connectivity index (χ4n) is 5.36. The van der Waals surface area contributed by atoms with Crippen LogP contribution in [0.4, 0.5) is 4.79 Å². The Hall–Kier alpha value is -3.20. The molecule has 44 heavy (non-hydrogen) atoms. The molecular formula is C35H45ClN4O3S. The second-order valence-corrected chi connectivity index (χ2v) is 15.6. The zero-order valence-electron chi connectivity index (χ0n) is 27.1. The van der Waals surface area contributed by atoms with Gasteiger partial charge >= 0.3 is 6.03 Å². The zero-order chi connectivity index (χ0) is 32.4. The number of nitrogens with one attached hydrogen (secondary N) is 1. The van der Waals surface area contributed by atoms with E-state index in [0.717, 1.165) is 16.8 Å². The van der Waals surface area contributed by atoms with Crippen LogP contribution in [0.5, 0.6) is 0 Å². The smallest absolute Gasteiger partial charge is 0.340 e. The highest BCUT2D eigenvalue weighted by atomic mass is 35.5. The summed E-state index contributed by atoms with van der Waals surface area (Å²) in [5, 5.41) is 14.4. The molecule has 2 amide bonds. The van der Waals surface area contributed by atoms with Gasteiger partial charge in [-0.05, 0) is 53.4 Å². The summed E-state index contributed by atoms with van der Waals surface area (Å²) in [6, 6.07) is 17.9. The molecular weight excluding hydrogens is 592 g/mol. The topological polar surface area (TPSA) is 79.5 Å². The molecule has 0 atom stereocenters. The van der Waals surface area contributed by atoms with Crippen LogP contribution < -0.4 is 5.32 Å². The normalized spacial score (nSPS) is 12.2. The Morgan fingerprint density at radius 3 is 2.34 bits per heavy atom. The van der Waals surface area contributed by atoms with Crippen molar-refractivity contribution in [1.82, 2.24) is 19.5 Å². The standard InChI is InChI=1S/C35H45ClN4O3S/c1-23(2)25-13-16-28-27(20-25)31(44-34(3,4)5)30(40(28)22-24-11-14-26(36)15-12-24)21-35(6,7)32(41)29-10-9-18-39(29)19-17-37-33(42)38(8)43/h9-16,18,20,23,43H,17,19,21-22H2,1-8H3,(H,37,42). The number of carbonyl (C=O) groups excluding carboxylic acids is 2. The van der Waals surface area contributed by atoms with Gasteiger partial charge in [0.1, 0.15) is 0 Å². The number of Topliss-reactive ketones (excluding diaryl/α,β-unsaturated/α-hetero) is 1. The number of halogens is 1. The lowest BCUT2D eigenvalue weighted by molar-refractivity contribution is -0.0182. The summed E-state index contributed by atoms with van der Waals surface area (Å²) in [5.74, 6) is 0.425. The lowest BCUT2D eigenvalue weighted by Crippen LogP contribution is -2.37. The molecule has 9 heteroatoms. The summed E-state index contributed by atoms with van der Waals surface area (Å²) in [5.41, 5.74) is 4.59. The third-order valence-electron chi connectivity index (χ3n) is 7.68. The number of hydrogen-bond acceptors (Lipinski definition) is 4. The summed E-state index contributed by atoms with van der Waals surface area (Å²) in [7, 11) is 1.27. The Balaban J connectivity index is 1.78.